The molecule has 0 atom stereocenters. The van der Waals surface area contributed by atoms with Crippen molar-refractivity contribution in [2.24, 2.45) is 0 Å². The summed E-state index contributed by atoms with van der Waals surface area (Å²) in [5.74, 6) is 0. The molecule has 0 spiro atoms. The van der Waals surface area contributed by atoms with Gasteiger partial charge in [0, 0.05) is 26.2 Å². The first-order valence-corrected chi connectivity index (χ1v) is 7.18. The molecule has 2 radical (unpaired) electrons. The van der Waals surface area contributed by atoms with Gasteiger partial charge in [-0.25, -0.2) is 10.6 Å². The third-order valence-electron chi connectivity index (χ3n) is 2.72. The molecule has 0 N–H and O–H groups in total. The molecule has 0 aromatic heterocycles. The van der Waals surface area contributed by atoms with Crippen molar-refractivity contribution in [3.63, 3.8) is 0 Å². The predicted molar refractivity (Wildman–Crippen MR) is 72.0 cm³/mol. The summed E-state index contributed by atoms with van der Waals surface area (Å²) >= 11 is 0. The van der Waals surface area contributed by atoms with Gasteiger partial charge in [-0.2, -0.15) is 0 Å². The highest BCUT2D eigenvalue weighted by Gasteiger charge is 1.92. The van der Waals surface area contributed by atoms with E-state index in [1.165, 1.54) is 51.4 Å². The van der Waals surface area contributed by atoms with Crippen LogP contribution in [0.1, 0.15) is 65.2 Å². The Labute approximate surface area is 103 Å². The molecule has 0 aromatic carbocycles. The lowest BCUT2D eigenvalue weighted by Gasteiger charge is -2.03. The van der Waals surface area contributed by atoms with Gasteiger partial charge in [0.25, 0.3) is 0 Å². The van der Waals surface area contributed by atoms with Gasteiger partial charge in [0.1, 0.15) is 0 Å². The second-order valence-corrected chi connectivity index (χ2v) is 4.46. The molecule has 0 bridgehead atoms. The molecule has 0 amide bonds. The van der Waals surface area contributed by atoms with Gasteiger partial charge in [-0.05, 0) is 25.7 Å². The van der Waals surface area contributed by atoms with Gasteiger partial charge in [-0.3, -0.25) is 0 Å². The number of hydrogen-bond donors (Lipinski definition) is 0. The van der Waals surface area contributed by atoms with Crippen LogP contribution in [0.15, 0.2) is 0 Å². The summed E-state index contributed by atoms with van der Waals surface area (Å²) in [7, 11) is 0. The van der Waals surface area contributed by atoms with Crippen LogP contribution in [0.4, 0.5) is 0 Å². The van der Waals surface area contributed by atoms with Crippen LogP contribution in [-0.4, -0.2) is 26.2 Å². The van der Waals surface area contributed by atoms with Crippen molar-refractivity contribution in [1.82, 2.24) is 10.6 Å². The van der Waals surface area contributed by atoms with Crippen molar-refractivity contribution in [3.8, 4) is 0 Å². The van der Waals surface area contributed by atoms with Gasteiger partial charge >= 0.3 is 0 Å². The van der Waals surface area contributed by atoms with Crippen molar-refractivity contribution in [2.75, 3.05) is 26.2 Å². The predicted octanol–water partition coefficient (Wildman–Crippen LogP) is 3.36. The van der Waals surface area contributed by atoms with Crippen LogP contribution < -0.4 is 10.6 Å². The minimum atomic E-state index is 1.07. The van der Waals surface area contributed by atoms with Gasteiger partial charge in [0.15, 0.2) is 0 Å². The molecule has 0 aliphatic rings. The molecule has 0 fully saturated rings. The Morgan fingerprint density at radius 1 is 0.500 bits per heavy atom. The summed E-state index contributed by atoms with van der Waals surface area (Å²) in [6.45, 7) is 8.74. The maximum absolute atomic E-state index is 4.50. The van der Waals surface area contributed by atoms with Gasteiger partial charge in [0.05, 0.1) is 0 Å². The monoisotopic (exact) mass is 226 g/mol. The molecule has 0 saturated carbocycles. The van der Waals surface area contributed by atoms with Crippen molar-refractivity contribution < 1.29 is 0 Å². The van der Waals surface area contributed by atoms with E-state index < -0.39 is 0 Å². The first-order valence-electron chi connectivity index (χ1n) is 7.18. The zero-order chi connectivity index (χ0) is 11.9. The van der Waals surface area contributed by atoms with Crippen LogP contribution in [0.3, 0.4) is 0 Å². The summed E-state index contributed by atoms with van der Waals surface area (Å²) in [6, 6.07) is 0. The molecule has 96 valence electrons. The van der Waals surface area contributed by atoms with E-state index in [0.717, 1.165) is 26.2 Å². The van der Waals surface area contributed by atoms with E-state index >= 15 is 0 Å². The lowest BCUT2D eigenvalue weighted by molar-refractivity contribution is 0.543. The van der Waals surface area contributed by atoms with E-state index in [1.807, 2.05) is 0 Å². The van der Waals surface area contributed by atoms with E-state index in [0.29, 0.717) is 0 Å². The summed E-state index contributed by atoms with van der Waals surface area (Å²) in [5, 5.41) is 8.99. The van der Waals surface area contributed by atoms with Crippen molar-refractivity contribution in [3.05, 3.63) is 0 Å². The average molecular weight is 226 g/mol. The van der Waals surface area contributed by atoms with E-state index in [-0.39, 0.29) is 0 Å². The van der Waals surface area contributed by atoms with Gasteiger partial charge in [-0.1, -0.05) is 39.5 Å². The highest BCUT2D eigenvalue weighted by Crippen LogP contribution is 1.99. The quantitative estimate of drug-likeness (QED) is 0.431. The fourth-order valence-corrected chi connectivity index (χ4v) is 1.56. The second-order valence-electron chi connectivity index (χ2n) is 4.46. The number of rotatable bonds is 13. The summed E-state index contributed by atoms with van der Waals surface area (Å²) in [5.41, 5.74) is 0. The van der Waals surface area contributed by atoms with Crippen molar-refractivity contribution >= 4 is 0 Å². The van der Waals surface area contributed by atoms with E-state index in [4.69, 9.17) is 0 Å². The molecule has 0 aliphatic carbocycles. The highest BCUT2D eigenvalue weighted by molar-refractivity contribution is 4.51. The first kappa shape index (κ1) is 15.9. The zero-order valence-corrected chi connectivity index (χ0v) is 11.4. The summed E-state index contributed by atoms with van der Waals surface area (Å²) in [6.07, 6.45) is 10.3. The Balaban J connectivity index is 2.83. The molecule has 0 aromatic rings. The molecule has 0 rings (SSSR count). The maximum atomic E-state index is 4.50. The largest absolute Gasteiger partial charge is 0.242 e. The standard InChI is InChI=1S/C14H30N2/c1-3-5-11-15-13-9-7-8-10-14-16-12-6-4-2/h3-14H2,1-2H3. The van der Waals surface area contributed by atoms with Crippen LogP contribution in [0.5, 0.6) is 0 Å². The Kier molecular flexibility index (Phi) is 14.8. The van der Waals surface area contributed by atoms with Crippen LogP contribution in [-0.2, 0) is 0 Å². The Morgan fingerprint density at radius 3 is 1.25 bits per heavy atom. The summed E-state index contributed by atoms with van der Waals surface area (Å²) < 4.78 is 0. The average Bonchev–Trinajstić information content (AvgIpc) is 2.31. The lowest BCUT2D eigenvalue weighted by atomic mass is 10.2. The van der Waals surface area contributed by atoms with Gasteiger partial charge < -0.3 is 0 Å². The number of nitrogens with zero attached hydrogens (tertiary/aromatic N) is 2. The highest BCUT2D eigenvalue weighted by atomic mass is 14.8. The van der Waals surface area contributed by atoms with E-state index in [9.17, 15) is 0 Å². The van der Waals surface area contributed by atoms with Crippen molar-refractivity contribution in [2.45, 2.75) is 65.2 Å². The molecule has 0 unspecified atom stereocenters. The zero-order valence-electron chi connectivity index (χ0n) is 11.4. The Hall–Kier alpha value is -0.0800. The Morgan fingerprint density at radius 2 is 0.875 bits per heavy atom. The minimum absolute atomic E-state index is 1.07. The fourth-order valence-electron chi connectivity index (χ4n) is 1.56. The maximum Gasteiger partial charge on any atom is 0.0133 e. The second kappa shape index (κ2) is 14.9. The smallest absolute Gasteiger partial charge is 0.0133 e. The van der Waals surface area contributed by atoms with Gasteiger partial charge in [0.2, 0.25) is 0 Å². The molecule has 2 heteroatoms. The molecular weight excluding hydrogens is 196 g/mol. The molecule has 0 heterocycles. The third-order valence-corrected chi connectivity index (χ3v) is 2.72. The summed E-state index contributed by atoms with van der Waals surface area (Å²) in [4.78, 5) is 0. The van der Waals surface area contributed by atoms with Gasteiger partial charge in [-0.15, -0.1) is 0 Å². The fraction of sp³-hybridized carbons (Fsp3) is 1.00. The Bertz CT molecular complexity index is 101. The SMILES string of the molecule is CCCC[N]CCCCCC[N]CCCC. The van der Waals surface area contributed by atoms with E-state index in [2.05, 4.69) is 24.5 Å². The molecular formula is C14H30N2. The molecule has 0 aliphatic heterocycles. The molecule has 16 heavy (non-hydrogen) atoms. The number of unbranched alkanes of at least 4 members (excludes halogenated alkanes) is 5. The molecule has 0 saturated heterocycles. The first-order chi connectivity index (χ1) is 7.91. The third kappa shape index (κ3) is 13.9. The topological polar surface area (TPSA) is 28.2 Å². The minimum Gasteiger partial charge on any atom is -0.242 e. The number of hydrogen-bond acceptors (Lipinski definition) is 0. The van der Waals surface area contributed by atoms with Crippen LogP contribution >= 0.6 is 0 Å². The van der Waals surface area contributed by atoms with Crippen LogP contribution in [0.2, 0.25) is 0 Å². The normalized spacial score (nSPS) is 10.9. The lowest BCUT2D eigenvalue weighted by Crippen LogP contribution is -2.09. The van der Waals surface area contributed by atoms with Crippen LogP contribution in [0.25, 0.3) is 0 Å². The van der Waals surface area contributed by atoms with Crippen LogP contribution in [0, 0.1) is 0 Å². The van der Waals surface area contributed by atoms with E-state index in [1.54, 1.807) is 0 Å². The van der Waals surface area contributed by atoms with Crippen molar-refractivity contribution in [1.29, 1.82) is 0 Å². The molecule has 2 nitrogen and oxygen atoms in total.